The van der Waals surface area contributed by atoms with Crippen LogP contribution in [0.1, 0.15) is 47.0 Å². The van der Waals surface area contributed by atoms with Crippen molar-refractivity contribution in [3.8, 4) is 0 Å². The Balaban J connectivity index is 5.18. The van der Waals surface area contributed by atoms with Crippen LogP contribution in [-0.4, -0.2) is 43.9 Å². The predicted molar refractivity (Wildman–Crippen MR) is 98.1 cm³/mol. The first-order valence-corrected chi connectivity index (χ1v) is 8.85. The molecule has 0 aliphatic carbocycles. The molecule has 0 aromatic carbocycles. The highest BCUT2D eigenvalue weighted by Gasteiger charge is 2.25. The third-order valence-electron chi connectivity index (χ3n) is 3.69. The Labute approximate surface area is 146 Å². The minimum atomic E-state index is -0.703. The largest absolute Gasteiger partial charge is 0.372 e. The number of aldehydes is 1. The topological polar surface area (TPSA) is 122 Å². The monoisotopic (exact) mass is 341 g/mol. The molecule has 0 rings (SSSR count). The zero-order valence-corrected chi connectivity index (χ0v) is 15.5. The van der Waals surface area contributed by atoms with E-state index in [-0.39, 0.29) is 11.8 Å². The van der Waals surface area contributed by atoms with Gasteiger partial charge in [-0.05, 0) is 39.2 Å². The van der Waals surface area contributed by atoms with E-state index in [9.17, 15) is 9.59 Å². The van der Waals surface area contributed by atoms with E-state index in [1.165, 1.54) is 0 Å². The van der Waals surface area contributed by atoms with E-state index in [1.54, 1.807) is 0 Å². The molecule has 7 heteroatoms. The normalized spacial score (nSPS) is 13.1. The number of rotatable bonds is 13. The van der Waals surface area contributed by atoms with Gasteiger partial charge in [-0.1, -0.05) is 20.3 Å². The highest BCUT2D eigenvalue weighted by atomic mass is 16.2. The fraction of sp³-hybridized carbons (Fsp3) is 0.765. The minimum absolute atomic E-state index is 0.0852. The van der Waals surface area contributed by atoms with Gasteiger partial charge in [-0.3, -0.25) is 4.79 Å². The van der Waals surface area contributed by atoms with Crippen LogP contribution in [0.3, 0.4) is 0 Å². The van der Waals surface area contributed by atoms with Gasteiger partial charge in [0.25, 0.3) is 0 Å². The van der Waals surface area contributed by atoms with Crippen molar-refractivity contribution in [2.75, 3.05) is 19.6 Å². The predicted octanol–water partition coefficient (Wildman–Crippen LogP) is 0.213. The van der Waals surface area contributed by atoms with E-state index >= 15 is 0 Å². The van der Waals surface area contributed by atoms with Gasteiger partial charge >= 0.3 is 0 Å². The van der Waals surface area contributed by atoms with E-state index in [0.29, 0.717) is 13.0 Å². The van der Waals surface area contributed by atoms with Gasteiger partial charge in [0, 0.05) is 18.7 Å². The molecule has 7 N–H and O–H groups in total. The summed E-state index contributed by atoms with van der Waals surface area (Å²) in [7, 11) is 0. The van der Waals surface area contributed by atoms with Crippen LogP contribution in [0.5, 0.6) is 0 Å². The van der Waals surface area contributed by atoms with E-state index in [2.05, 4.69) is 16.0 Å². The molecule has 0 saturated carbocycles. The molecule has 0 heterocycles. The Morgan fingerprint density at radius 2 is 1.71 bits per heavy atom. The summed E-state index contributed by atoms with van der Waals surface area (Å²) in [6.07, 6.45) is 2.95. The van der Waals surface area contributed by atoms with Crippen molar-refractivity contribution in [1.82, 2.24) is 16.0 Å². The van der Waals surface area contributed by atoms with E-state index in [1.807, 2.05) is 27.7 Å². The Hall–Kier alpha value is -1.60. The van der Waals surface area contributed by atoms with Gasteiger partial charge < -0.3 is 32.2 Å². The smallest absolute Gasteiger partial charge is 0.237 e. The first kappa shape index (κ1) is 22.4. The second-order valence-electron chi connectivity index (χ2n) is 6.06. The number of carbonyl (C=O) groups excluding carboxylic acids is 2. The molecule has 0 bridgehead atoms. The molecule has 1 amide bonds. The summed E-state index contributed by atoms with van der Waals surface area (Å²) in [5.41, 5.74) is 12.2. The number of unbranched alkanes of at least 4 members (excludes halogenated alkanes) is 1. The molecule has 140 valence electrons. The van der Waals surface area contributed by atoms with Crippen LogP contribution in [-0.2, 0) is 9.59 Å². The number of carbonyl (C=O) groups is 2. The lowest BCUT2D eigenvalue weighted by Crippen LogP contribution is -2.48. The van der Waals surface area contributed by atoms with Gasteiger partial charge in [-0.15, -0.1) is 0 Å². The molecule has 0 fully saturated rings. The van der Waals surface area contributed by atoms with Crippen LogP contribution in [0.4, 0.5) is 0 Å². The van der Waals surface area contributed by atoms with Crippen LogP contribution < -0.4 is 27.4 Å². The second-order valence-corrected chi connectivity index (χ2v) is 6.06. The van der Waals surface area contributed by atoms with E-state index in [4.69, 9.17) is 11.5 Å². The molecule has 7 nitrogen and oxygen atoms in total. The van der Waals surface area contributed by atoms with Crippen LogP contribution >= 0.6 is 0 Å². The van der Waals surface area contributed by atoms with Gasteiger partial charge in [0.1, 0.15) is 18.1 Å². The Kier molecular flexibility index (Phi) is 11.9. The summed E-state index contributed by atoms with van der Waals surface area (Å²) >= 11 is 0. The van der Waals surface area contributed by atoms with E-state index < -0.39 is 12.1 Å². The second kappa shape index (κ2) is 12.8. The molecule has 0 aliphatic rings. The molecule has 2 atom stereocenters. The maximum Gasteiger partial charge on any atom is 0.237 e. The van der Waals surface area contributed by atoms with E-state index in [0.717, 1.165) is 43.6 Å². The maximum absolute atomic E-state index is 12.3. The third-order valence-corrected chi connectivity index (χ3v) is 3.69. The Bertz CT molecular complexity index is 402. The van der Waals surface area contributed by atoms with Gasteiger partial charge in [0.15, 0.2) is 0 Å². The van der Waals surface area contributed by atoms with Gasteiger partial charge in [-0.25, -0.2) is 0 Å². The van der Waals surface area contributed by atoms with Crippen molar-refractivity contribution in [2.24, 2.45) is 17.4 Å². The molecule has 0 radical (unpaired) electrons. The SMILES string of the molecule is CCNC(NCC)=C(C(C)C)[C@@H](C=O)NC(=O)[C@H](N)CCCCN. The zero-order valence-electron chi connectivity index (χ0n) is 15.5. The molecule has 0 aliphatic heterocycles. The van der Waals surface area contributed by atoms with Gasteiger partial charge in [0.2, 0.25) is 5.91 Å². The molecule has 24 heavy (non-hydrogen) atoms. The number of amides is 1. The molecule has 0 aromatic heterocycles. The average Bonchev–Trinajstić information content (AvgIpc) is 2.54. The summed E-state index contributed by atoms with van der Waals surface area (Å²) < 4.78 is 0. The number of hydrogen-bond acceptors (Lipinski definition) is 6. The van der Waals surface area contributed by atoms with Crippen LogP contribution in [0.25, 0.3) is 0 Å². The Morgan fingerprint density at radius 3 is 2.12 bits per heavy atom. The maximum atomic E-state index is 12.3. The van der Waals surface area contributed by atoms with Gasteiger partial charge in [0.05, 0.1) is 6.04 Å². The number of nitrogens with one attached hydrogen (secondary N) is 3. The zero-order chi connectivity index (χ0) is 18.5. The molecular formula is C17H35N5O2. The molecule has 0 saturated heterocycles. The lowest BCUT2D eigenvalue weighted by atomic mass is 9.95. The number of hydrogen-bond donors (Lipinski definition) is 5. The van der Waals surface area contributed by atoms with Crippen molar-refractivity contribution in [3.05, 3.63) is 11.4 Å². The van der Waals surface area contributed by atoms with Gasteiger partial charge in [-0.2, -0.15) is 0 Å². The highest BCUT2D eigenvalue weighted by molar-refractivity contribution is 5.85. The molecule has 0 spiro atoms. The fourth-order valence-electron chi connectivity index (χ4n) is 2.51. The lowest BCUT2D eigenvalue weighted by molar-refractivity contribution is -0.124. The minimum Gasteiger partial charge on any atom is -0.372 e. The quantitative estimate of drug-likeness (QED) is 0.241. The third kappa shape index (κ3) is 7.79. The summed E-state index contributed by atoms with van der Waals surface area (Å²) in [5.74, 6) is 0.570. The molecular weight excluding hydrogens is 306 g/mol. The summed E-state index contributed by atoms with van der Waals surface area (Å²) in [6, 6.07) is -1.33. The van der Waals surface area contributed by atoms with Crippen LogP contribution in [0, 0.1) is 5.92 Å². The standard InChI is InChI=1S/C17H35N5O2/c1-5-20-16(21-6-2)15(12(3)4)14(11-23)22-17(24)13(19)9-7-8-10-18/h11-14,20-21H,5-10,18-19H2,1-4H3,(H,22,24)/t13-,14-/m1/s1. The summed E-state index contributed by atoms with van der Waals surface area (Å²) in [4.78, 5) is 23.9. The van der Waals surface area contributed by atoms with Crippen LogP contribution in [0.2, 0.25) is 0 Å². The highest BCUT2D eigenvalue weighted by Crippen LogP contribution is 2.16. The molecule has 0 unspecified atom stereocenters. The average molecular weight is 342 g/mol. The molecule has 0 aromatic rings. The number of nitrogens with two attached hydrogens (primary N) is 2. The summed E-state index contributed by atoms with van der Waals surface area (Å²) in [6.45, 7) is 9.98. The van der Waals surface area contributed by atoms with Crippen molar-refractivity contribution in [3.63, 3.8) is 0 Å². The van der Waals surface area contributed by atoms with Crippen molar-refractivity contribution in [2.45, 2.75) is 59.0 Å². The summed E-state index contributed by atoms with van der Waals surface area (Å²) in [5, 5.41) is 9.25. The lowest BCUT2D eigenvalue weighted by Gasteiger charge is -2.26. The Morgan fingerprint density at radius 1 is 1.12 bits per heavy atom. The first-order valence-electron chi connectivity index (χ1n) is 8.85. The van der Waals surface area contributed by atoms with Crippen molar-refractivity contribution < 1.29 is 9.59 Å². The first-order chi connectivity index (χ1) is 11.4. The van der Waals surface area contributed by atoms with Crippen molar-refractivity contribution >= 4 is 12.2 Å². The van der Waals surface area contributed by atoms with Crippen LogP contribution in [0.15, 0.2) is 11.4 Å². The van der Waals surface area contributed by atoms with Crippen molar-refractivity contribution in [1.29, 1.82) is 0 Å². The fourth-order valence-corrected chi connectivity index (χ4v) is 2.51.